The largest absolute Gasteiger partial charge is 0.433 e. The van der Waals surface area contributed by atoms with Crippen molar-refractivity contribution >= 4 is 17.2 Å². The van der Waals surface area contributed by atoms with Crippen LogP contribution in [0.5, 0.6) is 0 Å². The number of amides is 1. The molecule has 94 valence electrons. The Morgan fingerprint density at radius 2 is 2.06 bits per heavy atom. The summed E-state index contributed by atoms with van der Waals surface area (Å²) in [6.07, 6.45) is -3.26. The van der Waals surface area contributed by atoms with Gasteiger partial charge in [0.2, 0.25) is 5.91 Å². The number of carbonyl (C=O) groups is 1. The number of pyridine rings is 1. The van der Waals surface area contributed by atoms with Gasteiger partial charge in [0.25, 0.3) is 0 Å². The molecule has 2 aromatic rings. The van der Waals surface area contributed by atoms with Gasteiger partial charge in [0, 0.05) is 11.8 Å². The van der Waals surface area contributed by atoms with Crippen molar-refractivity contribution in [3.8, 4) is 10.6 Å². The number of alkyl halides is 3. The SMILES string of the molecule is NC(=O)c1cc(-c2cncs2)nc(C(F)(F)F)c1. The van der Waals surface area contributed by atoms with Crippen molar-refractivity contribution in [3.05, 3.63) is 35.1 Å². The van der Waals surface area contributed by atoms with Crippen LogP contribution in [0.25, 0.3) is 10.6 Å². The van der Waals surface area contributed by atoms with Gasteiger partial charge in [0.1, 0.15) is 5.69 Å². The third-order valence-corrected chi connectivity index (χ3v) is 2.88. The third kappa shape index (κ3) is 2.48. The van der Waals surface area contributed by atoms with Crippen molar-refractivity contribution in [2.24, 2.45) is 5.73 Å². The molecule has 0 unspecified atom stereocenters. The van der Waals surface area contributed by atoms with Crippen LogP contribution in [-0.2, 0) is 6.18 Å². The highest BCUT2D eigenvalue weighted by Crippen LogP contribution is 2.31. The standard InChI is InChI=1S/C10H6F3N3OS/c11-10(12,13)8-2-5(9(14)17)1-6(16-8)7-3-15-4-18-7/h1-4H,(H2,14,17). The Morgan fingerprint density at radius 3 is 2.56 bits per heavy atom. The number of hydrogen-bond donors (Lipinski definition) is 1. The summed E-state index contributed by atoms with van der Waals surface area (Å²) in [5.41, 5.74) is 5.10. The molecule has 0 radical (unpaired) electrons. The van der Waals surface area contributed by atoms with Crippen LogP contribution in [0.4, 0.5) is 13.2 Å². The molecule has 2 N–H and O–H groups in total. The van der Waals surface area contributed by atoms with Gasteiger partial charge in [-0.3, -0.25) is 9.78 Å². The van der Waals surface area contributed by atoms with E-state index in [0.29, 0.717) is 10.9 Å². The van der Waals surface area contributed by atoms with E-state index in [1.54, 1.807) is 0 Å². The summed E-state index contributed by atoms with van der Waals surface area (Å²) in [6, 6.07) is 1.85. The van der Waals surface area contributed by atoms with Crippen molar-refractivity contribution in [2.75, 3.05) is 0 Å². The maximum Gasteiger partial charge on any atom is 0.433 e. The van der Waals surface area contributed by atoms with Gasteiger partial charge >= 0.3 is 6.18 Å². The van der Waals surface area contributed by atoms with Gasteiger partial charge in [-0.15, -0.1) is 11.3 Å². The lowest BCUT2D eigenvalue weighted by atomic mass is 10.1. The van der Waals surface area contributed by atoms with Crippen LogP contribution >= 0.6 is 11.3 Å². The van der Waals surface area contributed by atoms with Crippen molar-refractivity contribution in [2.45, 2.75) is 6.18 Å². The molecule has 0 bridgehead atoms. The van der Waals surface area contributed by atoms with Gasteiger partial charge in [-0.1, -0.05) is 0 Å². The second-order valence-corrected chi connectivity index (χ2v) is 4.24. The van der Waals surface area contributed by atoms with E-state index in [1.165, 1.54) is 17.8 Å². The number of nitrogens with two attached hydrogens (primary N) is 1. The Hall–Kier alpha value is -1.96. The second-order valence-electron chi connectivity index (χ2n) is 3.35. The van der Waals surface area contributed by atoms with Gasteiger partial charge in [-0.25, -0.2) is 4.98 Å². The Morgan fingerprint density at radius 1 is 1.33 bits per heavy atom. The number of hydrogen-bond acceptors (Lipinski definition) is 4. The number of thiazole rings is 1. The molecule has 0 atom stereocenters. The van der Waals surface area contributed by atoms with Crippen molar-refractivity contribution in [1.29, 1.82) is 0 Å². The quantitative estimate of drug-likeness (QED) is 0.913. The van der Waals surface area contributed by atoms with Crippen LogP contribution < -0.4 is 5.73 Å². The molecule has 8 heteroatoms. The molecule has 2 aromatic heterocycles. The number of primary amides is 1. The molecule has 0 aliphatic heterocycles. The van der Waals surface area contributed by atoms with Gasteiger partial charge < -0.3 is 5.73 Å². The molecule has 4 nitrogen and oxygen atoms in total. The zero-order chi connectivity index (χ0) is 13.3. The molecule has 0 aliphatic rings. The van der Waals surface area contributed by atoms with Gasteiger partial charge in [0.05, 0.1) is 16.1 Å². The van der Waals surface area contributed by atoms with E-state index in [1.807, 2.05) is 0 Å². The van der Waals surface area contributed by atoms with Crippen molar-refractivity contribution < 1.29 is 18.0 Å². The normalized spacial score (nSPS) is 11.5. The van der Waals surface area contributed by atoms with Crippen molar-refractivity contribution in [1.82, 2.24) is 9.97 Å². The molecule has 2 rings (SSSR count). The lowest BCUT2D eigenvalue weighted by Crippen LogP contribution is -2.15. The fraction of sp³-hybridized carbons (Fsp3) is 0.100. The number of carbonyl (C=O) groups excluding carboxylic acids is 1. The Kier molecular flexibility index (Phi) is 3.04. The first-order valence-electron chi connectivity index (χ1n) is 4.66. The molecule has 0 saturated heterocycles. The lowest BCUT2D eigenvalue weighted by Gasteiger charge is -2.08. The van der Waals surface area contributed by atoms with E-state index < -0.39 is 17.8 Å². The second kappa shape index (κ2) is 4.37. The molecular formula is C10H6F3N3OS. The molecule has 1 amide bonds. The van der Waals surface area contributed by atoms with Gasteiger partial charge in [-0.2, -0.15) is 13.2 Å². The van der Waals surface area contributed by atoms with E-state index in [4.69, 9.17) is 5.73 Å². The molecule has 0 spiro atoms. The zero-order valence-corrected chi connectivity index (χ0v) is 9.55. The number of aromatic nitrogens is 2. The van der Waals surface area contributed by atoms with E-state index in [-0.39, 0.29) is 11.3 Å². The topological polar surface area (TPSA) is 68.9 Å². The first-order valence-corrected chi connectivity index (χ1v) is 5.54. The highest BCUT2D eigenvalue weighted by Gasteiger charge is 2.33. The molecule has 18 heavy (non-hydrogen) atoms. The maximum absolute atomic E-state index is 12.6. The van der Waals surface area contributed by atoms with Crippen LogP contribution in [0.3, 0.4) is 0 Å². The molecule has 0 aromatic carbocycles. The summed E-state index contributed by atoms with van der Waals surface area (Å²) >= 11 is 1.12. The van der Waals surface area contributed by atoms with Crippen LogP contribution in [0.2, 0.25) is 0 Å². The smallest absolute Gasteiger partial charge is 0.366 e. The zero-order valence-electron chi connectivity index (χ0n) is 8.73. The minimum atomic E-state index is -4.63. The lowest BCUT2D eigenvalue weighted by molar-refractivity contribution is -0.141. The van der Waals surface area contributed by atoms with Gasteiger partial charge in [0.15, 0.2) is 0 Å². The first-order chi connectivity index (χ1) is 8.38. The Balaban J connectivity index is 2.61. The van der Waals surface area contributed by atoms with Crippen LogP contribution in [0.15, 0.2) is 23.8 Å². The predicted octanol–water partition coefficient (Wildman–Crippen LogP) is 2.32. The van der Waals surface area contributed by atoms with E-state index in [2.05, 4.69) is 9.97 Å². The fourth-order valence-electron chi connectivity index (χ4n) is 1.29. The third-order valence-electron chi connectivity index (χ3n) is 2.09. The first kappa shape index (κ1) is 12.5. The van der Waals surface area contributed by atoms with E-state index in [0.717, 1.165) is 11.3 Å². The molecular weight excluding hydrogens is 267 g/mol. The summed E-state index contributed by atoms with van der Waals surface area (Å²) in [5, 5.41) is 0. The van der Waals surface area contributed by atoms with Crippen molar-refractivity contribution in [3.63, 3.8) is 0 Å². The summed E-state index contributed by atoms with van der Waals surface area (Å²) < 4.78 is 37.9. The number of rotatable bonds is 2. The summed E-state index contributed by atoms with van der Waals surface area (Å²) in [6.45, 7) is 0. The Bertz CT molecular complexity index is 581. The molecule has 0 fully saturated rings. The predicted molar refractivity (Wildman–Crippen MR) is 58.9 cm³/mol. The molecule has 2 heterocycles. The average Bonchev–Trinajstić information content (AvgIpc) is 2.80. The highest BCUT2D eigenvalue weighted by molar-refractivity contribution is 7.13. The minimum absolute atomic E-state index is 0.0288. The van der Waals surface area contributed by atoms with Gasteiger partial charge in [-0.05, 0) is 12.1 Å². The van der Waals surface area contributed by atoms with Crippen LogP contribution in [0, 0.1) is 0 Å². The van der Waals surface area contributed by atoms with Crippen LogP contribution in [-0.4, -0.2) is 15.9 Å². The number of nitrogens with zero attached hydrogens (tertiary/aromatic N) is 2. The van der Waals surface area contributed by atoms with E-state index in [9.17, 15) is 18.0 Å². The Labute approximate surface area is 103 Å². The minimum Gasteiger partial charge on any atom is -0.366 e. The maximum atomic E-state index is 12.6. The highest BCUT2D eigenvalue weighted by atomic mass is 32.1. The average molecular weight is 273 g/mol. The van der Waals surface area contributed by atoms with Crippen LogP contribution in [0.1, 0.15) is 16.1 Å². The number of halogens is 3. The summed E-state index contributed by atoms with van der Waals surface area (Å²) in [7, 11) is 0. The summed E-state index contributed by atoms with van der Waals surface area (Å²) in [5.74, 6) is -0.936. The van der Waals surface area contributed by atoms with E-state index >= 15 is 0 Å². The molecule has 0 saturated carbocycles. The molecule has 0 aliphatic carbocycles. The summed E-state index contributed by atoms with van der Waals surface area (Å²) in [4.78, 5) is 18.7. The monoisotopic (exact) mass is 273 g/mol. The fourth-order valence-corrected chi connectivity index (χ4v) is 1.87.